The average molecular weight is 309 g/mol. The lowest BCUT2D eigenvalue weighted by Crippen LogP contribution is -2.12. The van der Waals surface area contributed by atoms with Gasteiger partial charge in [0, 0.05) is 17.9 Å². The smallest absolute Gasteiger partial charge is 0.255 e. The van der Waals surface area contributed by atoms with Gasteiger partial charge in [-0.3, -0.25) is 9.59 Å². The molecular formula is C13H12FN3O3S. The first-order chi connectivity index (χ1) is 10.0. The quantitative estimate of drug-likeness (QED) is 0.577. The molecule has 0 aliphatic rings. The van der Waals surface area contributed by atoms with Gasteiger partial charge in [0.1, 0.15) is 5.82 Å². The van der Waals surface area contributed by atoms with Gasteiger partial charge in [-0.1, -0.05) is 11.8 Å². The SMILES string of the molecule is O=C(CCSc1nc(O)cc(=O)[nH]1)Nc1ccc(F)cc1. The first-order valence-corrected chi connectivity index (χ1v) is 7.00. The van der Waals surface area contributed by atoms with Crippen molar-refractivity contribution in [1.29, 1.82) is 0 Å². The van der Waals surface area contributed by atoms with Crippen molar-refractivity contribution in [1.82, 2.24) is 9.97 Å². The number of carbonyl (C=O) groups excluding carboxylic acids is 1. The summed E-state index contributed by atoms with van der Waals surface area (Å²) in [5, 5.41) is 12.0. The monoisotopic (exact) mass is 309 g/mol. The summed E-state index contributed by atoms with van der Waals surface area (Å²) in [4.78, 5) is 28.9. The molecule has 0 atom stereocenters. The molecule has 0 aliphatic heterocycles. The molecule has 0 radical (unpaired) electrons. The topological polar surface area (TPSA) is 95.1 Å². The number of hydrogen-bond donors (Lipinski definition) is 3. The minimum absolute atomic E-state index is 0.182. The van der Waals surface area contributed by atoms with E-state index in [0.29, 0.717) is 11.4 Å². The zero-order chi connectivity index (χ0) is 15.2. The lowest BCUT2D eigenvalue weighted by molar-refractivity contribution is -0.115. The van der Waals surface area contributed by atoms with Crippen molar-refractivity contribution >= 4 is 23.4 Å². The van der Waals surface area contributed by atoms with Gasteiger partial charge in [-0.05, 0) is 24.3 Å². The molecule has 0 fully saturated rings. The lowest BCUT2D eigenvalue weighted by atomic mass is 10.3. The number of carbonyl (C=O) groups is 1. The van der Waals surface area contributed by atoms with Gasteiger partial charge in [0.2, 0.25) is 11.8 Å². The Hall–Kier alpha value is -2.35. The van der Waals surface area contributed by atoms with Crippen LogP contribution >= 0.6 is 11.8 Å². The molecule has 0 saturated carbocycles. The van der Waals surface area contributed by atoms with Crippen molar-refractivity contribution in [3.63, 3.8) is 0 Å². The number of nitrogens with one attached hydrogen (secondary N) is 2. The van der Waals surface area contributed by atoms with Crippen molar-refractivity contribution in [3.8, 4) is 5.88 Å². The van der Waals surface area contributed by atoms with E-state index < -0.39 is 5.56 Å². The molecule has 0 unspecified atom stereocenters. The van der Waals surface area contributed by atoms with E-state index in [1.807, 2.05) is 0 Å². The Morgan fingerprint density at radius 1 is 1.38 bits per heavy atom. The van der Waals surface area contributed by atoms with Crippen LogP contribution < -0.4 is 10.9 Å². The van der Waals surface area contributed by atoms with Crippen molar-refractivity contribution in [2.24, 2.45) is 0 Å². The van der Waals surface area contributed by atoms with Gasteiger partial charge in [0.05, 0.1) is 6.07 Å². The highest BCUT2D eigenvalue weighted by Gasteiger charge is 2.05. The van der Waals surface area contributed by atoms with E-state index in [9.17, 15) is 14.0 Å². The number of nitrogens with zero attached hydrogens (tertiary/aromatic N) is 1. The summed E-state index contributed by atoms with van der Waals surface area (Å²) in [6.45, 7) is 0. The van der Waals surface area contributed by atoms with Gasteiger partial charge in [-0.25, -0.2) is 4.39 Å². The Kier molecular flexibility index (Phi) is 4.94. The van der Waals surface area contributed by atoms with Crippen molar-refractivity contribution in [3.05, 3.63) is 46.5 Å². The molecule has 0 spiro atoms. The Morgan fingerprint density at radius 2 is 2.10 bits per heavy atom. The van der Waals surface area contributed by atoms with E-state index in [0.717, 1.165) is 17.8 Å². The van der Waals surface area contributed by atoms with Crippen molar-refractivity contribution in [2.75, 3.05) is 11.1 Å². The van der Waals surface area contributed by atoms with Gasteiger partial charge in [-0.15, -0.1) is 0 Å². The van der Waals surface area contributed by atoms with Crippen LogP contribution in [0, 0.1) is 5.82 Å². The summed E-state index contributed by atoms with van der Waals surface area (Å²) in [7, 11) is 0. The van der Waals surface area contributed by atoms with Crippen LogP contribution in [0.5, 0.6) is 5.88 Å². The van der Waals surface area contributed by atoms with Crippen molar-refractivity contribution in [2.45, 2.75) is 11.6 Å². The molecule has 6 nitrogen and oxygen atoms in total. The fourth-order valence-corrected chi connectivity index (χ4v) is 2.30. The van der Waals surface area contributed by atoms with Gasteiger partial charge in [0.25, 0.3) is 5.56 Å². The maximum Gasteiger partial charge on any atom is 0.255 e. The lowest BCUT2D eigenvalue weighted by Gasteiger charge is -2.05. The van der Waals surface area contributed by atoms with Crippen LogP contribution in [0.4, 0.5) is 10.1 Å². The van der Waals surface area contributed by atoms with E-state index in [2.05, 4.69) is 15.3 Å². The third-order valence-electron chi connectivity index (χ3n) is 2.40. The minimum atomic E-state index is -0.458. The molecule has 1 heterocycles. The predicted octanol–water partition coefficient (Wildman–Crippen LogP) is 1.74. The molecule has 0 aliphatic carbocycles. The largest absolute Gasteiger partial charge is 0.493 e. The van der Waals surface area contributed by atoms with Crippen LogP contribution in [0.1, 0.15) is 6.42 Å². The molecule has 1 aromatic heterocycles. The third kappa shape index (κ3) is 4.92. The standard InChI is InChI=1S/C13H12FN3O3S/c14-8-1-3-9(4-2-8)15-10(18)5-6-21-13-16-11(19)7-12(20)17-13/h1-4,7H,5-6H2,(H,15,18)(H2,16,17,19,20). The summed E-state index contributed by atoms with van der Waals surface area (Å²) in [5.41, 5.74) is 0.0519. The normalized spacial score (nSPS) is 10.3. The van der Waals surface area contributed by atoms with Crippen LogP contribution in [0.15, 0.2) is 40.3 Å². The summed E-state index contributed by atoms with van der Waals surface area (Å²) in [6, 6.07) is 6.41. The van der Waals surface area contributed by atoms with E-state index >= 15 is 0 Å². The number of halogens is 1. The number of hydrogen-bond acceptors (Lipinski definition) is 5. The summed E-state index contributed by atoms with van der Waals surface area (Å²) in [5.74, 6) is -0.601. The van der Waals surface area contributed by atoms with Gasteiger partial charge < -0.3 is 15.4 Å². The Balaban J connectivity index is 1.81. The fraction of sp³-hybridized carbons (Fsp3) is 0.154. The van der Waals surface area contributed by atoms with E-state index in [1.165, 1.54) is 24.3 Å². The molecule has 3 N–H and O–H groups in total. The van der Waals surface area contributed by atoms with Gasteiger partial charge in [0.15, 0.2) is 5.16 Å². The summed E-state index contributed by atoms with van der Waals surface area (Å²) in [6.07, 6.45) is 0.182. The van der Waals surface area contributed by atoms with E-state index in [-0.39, 0.29) is 29.2 Å². The molecular weight excluding hydrogens is 297 g/mol. The second-order valence-electron chi connectivity index (χ2n) is 4.06. The average Bonchev–Trinajstić information content (AvgIpc) is 2.40. The number of thioether (sulfide) groups is 1. The number of benzene rings is 1. The molecule has 0 bridgehead atoms. The highest BCUT2D eigenvalue weighted by Crippen LogP contribution is 2.15. The molecule has 0 saturated heterocycles. The first kappa shape index (κ1) is 15.0. The number of aromatic nitrogens is 2. The maximum absolute atomic E-state index is 12.7. The number of aromatic amines is 1. The molecule has 2 aromatic rings. The van der Waals surface area contributed by atoms with Crippen LogP contribution in [0.25, 0.3) is 0 Å². The highest BCUT2D eigenvalue weighted by molar-refractivity contribution is 7.99. The second kappa shape index (κ2) is 6.89. The highest BCUT2D eigenvalue weighted by atomic mass is 32.2. The Labute approximate surface area is 123 Å². The van der Waals surface area contributed by atoms with Gasteiger partial charge in [-0.2, -0.15) is 4.98 Å². The molecule has 2 rings (SSSR count). The van der Waals surface area contributed by atoms with Crippen LogP contribution in [-0.2, 0) is 4.79 Å². The van der Waals surface area contributed by atoms with Crippen LogP contribution in [0.2, 0.25) is 0 Å². The number of H-pyrrole nitrogens is 1. The molecule has 110 valence electrons. The predicted molar refractivity (Wildman–Crippen MR) is 76.9 cm³/mol. The maximum atomic E-state index is 12.7. The molecule has 1 aromatic carbocycles. The number of aromatic hydroxyl groups is 1. The fourth-order valence-electron chi connectivity index (χ4n) is 1.49. The first-order valence-electron chi connectivity index (χ1n) is 6.01. The van der Waals surface area contributed by atoms with Crippen molar-refractivity contribution < 1.29 is 14.3 Å². The zero-order valence-electron chi connectivity index (χ0n) is 10.8. The second-order valence-corrected chi connectivity index (χ2v) is 5.15. The zero-order valence-corrected chi connectivity index (χ0v) is 11.6. The molecule has 1 amide bonds. The molecule has 21 heavy (non-hydrogen) atoms. The number of anilines is 1. The minimum Gasteiger partial charge on any atom is -0.493 e. The van der Waals surface area contributed by atoms with E-state index in [4.69, 9.17) is 5.11 Å². The Bertz CT molecular complexity index is 688. The van der Waals surface area contributed by atoms with Gasteiger partial charge >= 0.3 is 0 Å². The summed E-state index contributed by atoms with van der Waals surface area (Å²) < 4.78 is 12.7. The number of rotatable bonds is 5. The third-order valence-corrected chi connectivity index (χ3v) is 3.28. The number of amides is 1. The van der Waals surface area contributed by atoms with Crippen LogP contribution in [-0.4, -0.2) is 26.7 Å². The van der Waals surface area contributed by atoms with Crippen LogP contribution in [0.3, 0.4) is 0 Å². The van der Waals surface area contributed by atoms with E-state index in [1.54, 1.807) is 0 Å². The summed E-state index contributed by atoms with van der Waals surface area (Å²) >= 11 is 1.14. The molecule has 8 heteroatoms. The Morgan fingerprint density at radius 3 is 2.76 bits per heavy atom.